The van der Waals surface area contributed by atoms with Crippen molar-refractivity contribution in [1.82, 2.24) is 24.6 Å². The third-order valence-electron chi connectivity index (χ3n) is 5.34. The van der Waals surface area contributed by atoms with Gasteiger partial charge in [-0.1, -0.05) is 18.2 Å². The number of aromatic nitrogens is 5. The summed E-state index contributed by atoms with van der Waals surface area (Å²) in [4.78, 5) is 11.8. The van der Waals surface area contributed by atoms with Crippen molar-refractivity contribution in [2.24, 2.45) is 0 Å². The standard InChI is InChI=1S/C21H22N6/c1-14-12-27-13-19(24-20(27)15(2)23-14)16-7-6-8-17-18(16)11-22-25-21(17)26-9-4-3-5-10-26/h6-8,11-13H,3-5,9-10H2,1-2H3. The first-order valence-corrected chi connectivity index (χ1v) is 9.53. The van der Waals surface area contributed by atoms with E-state index in [1.165, 1.54) is 19.3 Å². The average molecular weight is 358 g/mol. The lowest BCUT2D eigenvalue weighted by Crippen LogP contribution is -2.30. The number of rotatable bonds is 2. The normalized spacial score (nSPS) is 15.0. The van der Waals surface area contributed by atoms with E-state index in [2.05, 4.69) is 48.9 Å². The molecule has 1 aromatic carbocycles. The van der Waals surface area contributed by atoms with Gasteiger partial charge in [0.15, 0.2) is 11.5 Å². The van der Waals surface area contributed by atoms with Crippen LogP contribution in [0.5, 0.6) is 0 Å². The Kier molecular flexibility index (Phi) is 3.77. The van der Waals surface area contributed by atoms with Gasteiger partial charge in [0, 0.05) is 41.8 Å². The van der Waals surface area contributed by atoms with Crippen LogP contribution in [0.3, 0.4) is 0 Å². The Bertz CT molecular complexity index is 1140. The summed E-state index contributed by atoms with van der Waals surface area (Å²) in [5.74, 6) is 0.992. The molecule has 0 saturated carbocycles. The Morgan fingerprint density at radius 1 is 0.926 bits per heavy atom. The van der Waals surface area contributed by atoms with Crippen LogP contribution in [0.1, 0.15) is 30.7 Å². The quantitative estimate of drug-likeness (QED) is 0.543. The first-order chi connectivity index (χ1) is 13.2. The van der Waals surface area contributed by atoms with Gasteiger partial charge in [0.1, 0.15) is 0 Å². The number of nitrogens with zero attached hydrogens (tertiary/aromatic N) is 6. The number of aryl methyl sites for hydroxylation is 2. The van der Waals surface area contributed by atoms with E-state index in [0.717, 1.165) is 58.0 Å². The number of benzene rings is 1. The zero-order chi connectivity index (χ0) is 18.4. The van der Waals surface area contributed by atoms with Crippen LogP contribution in [0.25, 0.3) is 27.7 Å². The van der Waals surface area contributed by atoms with Gasteiger partial charge in [-0.25, -0.2) is 4.98 Å². The van der Waals surface area contributed by atoms with Gasteiger partial charge < -0.3 is 9.30 Å². The zero-order valence-corrected chi connectivity index (χ0v) is 15.7. The molecule has 4 heterocycles. The highest BCUT2D eigenvalue weighted by Crippen LogP contribution is 2.33. The maximum atomic E-state index is 4.85. The van der Waals surface area contributed by atoms with E-state index in [1.54, 1.807) is 0 Å². The van der Waals surface area contributed by atoms with Gasteiger partial charge in [0.2, 0.25) is 0 Å². The molecule has 1 aliphatic rings. The molecule has 0 radical (unpaired) electrons. The minimum Gasteiger partial charge on any atom is -0.355 e. The number of piperidine rings is 1. The van der Waals surface area contributed by atoms with Crippen LogP contribution >= 0.6 is 0 Å². The molecule has 1 saturated heterocycles. The SMILES string of the molecule is Cc1cn2cc(-c3cccc4c(N5CCCCC5)nncc34)nc2c(C)n1. The summed E-state index contributed by atoms with van der Waals surface area (Å²) in [6, 6.07) is 6.35. The Morgan fingerprint density at radius 2 is 1.78 bits per heavy atom. The van der Waals surface area contributed by atoms with E-state index < -0.39 is 0 Å². The minimum atomic E-state index is 0.894. The number of imidazole rings is 1. The van der Waals surface area contributed by atoms with Crippen LogP contribution in [0.15, 0.2) is 36.8 Å². The Balaban J connectivity index is 1.69. The second kappa shape index (κ2) is 6.30. The van der Waals surface area contributed by atoms with Crippen molar-refractivity contribution in [3.63, 3.8) is 0 Å². The van der Waals surface area contributed by atoms with E-state index in [-0.39, 0.29) is 0 Å². The van der Waals surface area contributed by atoms with Crippen LogP contribution in [-0.2, 0) is 0 Å². The lowest BCUT2D eigenvalue weighted by molar-refractivity contribution is 0.573. The third kappa shape index (κ3) is 2.72. The second-order valence-electron chi connectivity index (χ2n) is 7.31. The molecule has 6 heteroatoms. The number of hydrogen-bond acceptors (Lipinski definition) is 5. The summed E-state index contributed by atoms with van der Waals surface area (Å²) >= 11 is 0. The maximum absolute atomic E-state index is 4.85. The van der Waals surface area contributed by atoms with Gasteiger partial charge in [-0.15, -0.1) is 5.10 Å². The van der Waals surface area contributed by atoms with Gasteiger partial charge in [-0.2, -0.15) is 5.10 Å². The molecule has 27 heavy (non-hydrogen) atoms. The minimum absolute atomic E-state index is 0.894. The van der Waals surface area contributed by atoms with Crippen LogP contribution in [0, 0.1) is 13.8 Å². The van der Waals surface area contributed by atoms with Crippen molar-refractivity contribution in [2.75, 3.05) is 18.0 Å². The van der Waals surface area contributed by atoms with E-state index in [1.807, 2.05) is 26.2 Å². The summed E-state index contributed by atoms with van der Waals surface area (Å²) in [6.07, 6.45) is 9.69. The number of fused-ring (bicyclic) bond motifs is 2. The van der Waals surface area contributed by atoms with Gasteiger partial charge in [0.05, 0.1) is 23.3 Å². The van der Waals surface area contributed by atoms with Crippen molar-refractivity contribution in [1.29, 1.82) is 0 Å². The molecule has 1 fully saturated rings. The molecule has 5 rings (SSSR count). The van der Waals surface area contributed by atoms with Gasteiger partial charge in [0.25, 0.3) is 0 Å². The molecule has 0 spiro atoms. The smallest absolute Gasteiger partial charge is 0.159 e. The van der Waals surface area contributed by atoms with E-state index >= 15 is 0 Å². The Morgan fingerprint density at radius 3 is 2.63 bits per heavy atom. The summed E-state index contributed by atoms with van der Waals surface area (Å²) in [6.45, 7) is 6.11. The Labute approximate surface area is 157 Å². The van der Waals surface area contributed by atoms with Crippen LogP contribution in [-0.4, -0.2) is 37.7 Å². The molecule has 0 unspecified atom stereocenters. The fourth-order valence-corrected chi connectivity index (χ4v) is 4.09. The topological polar surface area (TPSA) is 59.2 Å². The highest BCUT2D eigenvalue weighted by atomic mass is 15.3. The number of hydrogen-bond donors (Lipinski definition) is 0. The van der Waals surface area contributed by atoms with Crippen LogP contribution in [0.4, 0.5) is 5.82 Å². The largest absolute Gasteiger partial charge is 0.355 e. The van der Waals surface area contributed by atoms with Crippen LogP contribution in [0.2, 0.25) is 0 Å². The molecule has 6 nitrogen and oxygen atoms in total. The van der Waals surface area contributed by atoms with Gasteiger partial charge in [-0.3, -0.25) is 4.98 Å². The van der Waals surface area contributed by atoms with E-state index in [4.69, 9.17) is 4.98 Å². The average Bonchev–Trinajstić information content (AvgIpc) is 3.12. The molecule has 0 aliphatic carbocycles. The highest BCUT2D eigenvalue weighted by molar-refractivity contribution is 6.01. The van der Waals surface area contributed by atoms with E-state index in [9.17, 15) is 0 Å². The second-order valence-corrected chi connectivity index (χ2v) is 7.31. The molecule has 0 bridgehead atoms. The van der Waals surface area contributed by atoms with Crippen molar-refractivity contribution in [3.05, 3.63) is 48.2 Å². The summed E-state index contributed by atoms with van der Waals surface area (Å²) in [5, 5.41) is 11.0. The van der Waals surface area contributed by atoms with E-state index in [0.29, 0.717) is 0 Å². The zero-order valence-electron chi connectivity index (χ0n) is 15.7. The fourth-order valence-electron chi connectivity index (χ4n) is 4.09. The van der Waals surface area contributed by atoms with Crippen molar-refractivity contribution >= 4 is 22.2 Å². The van der Waals surface area contributed by atoms with Crippen LogP contribution < -0.4 is 4.90 Å². The molecular formula is C21H22N6. The first-order valence-electron chi connectivity index (χ1n) is 9.53. The van der Waals surface area contributed by atoms with Crippen molar-refractivity contribution in [3.8, 4) is 11.3 Å². The summed E-state index contributed by atoms with van der Waals surface area (Å²) < 4.78 is 2.06. The summed E-state index contributed by atoms with van der Waals surface area (Å²) in [5.41, 5.74) is 4.84. The predicted molar refractivity (Wildman–Crippen MR) is 107 cm³/mol. The fraction of sp³-hybridized carbons (Fsp3) is 0.333. The first kappa shape index (κ1) is 16.2. The molecule has 1 aliphatic heterocycles. The summed E-state index contributed by atoms with van der Waals surface area (Å²) in [7, 11) is 0. The van der Waals surface area contributed by atoms with Crippen molar-refractivity contribution < 1.29 is 0 Å². The molecule has 0 amide bonds. The molecular weight excluding hydrogens is 336 g/mol. The van der Waals surface area contributed by atoms with Crippen molar-refractivity contribution in [2.45, 2.75) is 33.1 Å². The molecule has 4 aromatic rings. The molecule has 0 atom stereocenters. The number of anilines is 1. The van der Waals surface area contributed by atoms with Gasteiger partial charge in [-0.05, 0) is 33.1 Å². The molecule has 0 N–H and O–H groups in total. The monoisotopic (exact) mass is 358 g/mol. The highest BCUT2D eigenvalue weighted by Gasteiger charge is 2.18. The third-order valence-corrected chi connectivity index (χ3v) is 5.34. The maximum Gasteiger partial charge on any atom is 0.159 e. The predicted octanol–water partition coefficient (Wildman–Crippen LogP) is 3.95. The lowest BCUT2D eigenvalue weighted by atomic mass is 10.0. The van der Waals surface area contributed by atoms with Gasteiger partial charge >= 0.3 is 0 Å². The molecule has 3 aromatic heterocycles. The lowest BCUT2D eigenvalue weighted by Gasteiger charge is -2.28. The molecule has 136 valence electrons. The Hall–Kier alpha value is -3.02.